The maximum absolute atomic E-state index is 3.98. The lowest BCUT2D eigenvalue weighted by Crippen LogP contribution is -2.25. The van der Waals surface area contributed by atoms with Gasteiger partial charge in [0.15, 0.2) is 0 Å². The Balaban J connectivity index is 1.09. The van der Waals surface area contributed by atoms with Crippen molar-refractivity contribution in [2.45, 2.75) is 83.5 Å². The molecule has 0 fully saturated rings. The maximum Gasteiger partial charge on any atom is 0.0462 e. The van der Waals surface area contributed by atoms with E-state index in [0.29, 0.717) is 0 Å². The summed E-state index contributed by atoms with van der Waals surface area (Å²) in [7, 11) is 0. The van der Waals surface area contributed by atoms with E-state index in [1.165, 1.54) is 95.9 Å². The van der Waals surface area contributed by atoms with Gasteiger partial charge in [-0.1, -0.05) is 213 Å². The highest BCUT2D eigenvalue weighted by Gasteiger charge is 2.42. The first-order valence-electron chi connectivity index (χ1n) is 25.9. The van der Waals surface area contributed by atoms with Gasteiger partial charge in [0, 0.05) is 39.5 Å². The topological polar surface area (TPSA) is 6.48 Å². The van der Waals surface area contributed by atoms with Gasteiger partial charge in [0.1, 0.15) is 0 Å². The van der Waals surface area contributed by atoms with Gasteiger partial charge in [0.2, 0.25) is 0 Å². The highest BCUT2D eigenvalue weighted by atomic mass is 15.1. The van der Waals surface area contributed by atoms with Crippen LogP contribution in [0.3, 0.4) is 0 Å². The van der Waals surface area contributed by atoms with Gasteiger partial charge in [-0.15, -0.1) is 0 Å². The molecule has 0 aromatic heterocycles. The van der Waals surface area contributed by atoms with Crippen molar-refractivity contribution in [2.24, 2.45) is 0 Å². The lowest BCUT2D eigenvalue weighted by atomic mass is 9.70. The van der Waals surface area contributed by atoms with E-state index in [-0.39, 0.29) is 5.41 Å². The molecule has 0 atom stereocenters. The second-order valence-electron chi connectivity index (χ2n) is 19.2. The van der Waals surface area contributed by atoms with Crippen molar-refractivity contribution < 1.29 is 0 Å². The highest BCUT2D eigenvalue weighted by Crippen LogP contribution is 2.56. The number of nitrogens with zero attached hydrogens (tertiary/aromatic N) is 2. The molecule has 8 aromatic rings. The normalized spacial score (nSPS) is 12.1. The summed E-state index contributed by atoms with van der Waals surface area (Å²) in [6.45, 7) is 20.6. The summed E-state index contributed by atoms with van der Waals surface area (Å²) in [4.78, 5) is 4.65. The molecular formula is C69H68N2. The van der Waals surface area contributed by atoms with Crippen LogP contribution >= 0.6 is 0 Å². The van der Waals surface area contributed by atoms with E-state index in [0.717, 1.165) is 69.2 Å². The largest absolute Gasteiger partial charge is 0.311 e. The van der Waals surface area contributed by atoms with Crippen molar-refractivity contribution in [3.63, 3.8) is 0 Å². The van der Waals surface area contributed by atoms with E-state index in [4.69, 9.17) is 0 Å². The Bertz CT molecular complexity index is 2760. The third-order valence-corrected chi connectivity index (χ3v) is 14.7. The lowest BCUT2D eigenvalue weighted by Gasteiger charge is -2.33. The SMILES string of the molecule is C=Cc1ccc(N(c2ccc(C=C)cc2)c2ccc(-c3ccc4c(c3)C(CCCCCC)(CCCCCC)c3cc(-c5ccc(N(c6ccc(C=C)cc6)c6ccc(C=C)cc6)cc5)ccc3-4)cc2)cc1. The van der Waals surface area contributed by atoms with Crippen LogP contribution in [-0.2, 0) is 5.41 Å². The van der Waals surface area contributed by atoms with Crippen LogP contribution in [0, 0.1) is 0 Å². The van der Waals surface area contributed by atoms with Crippen LogP contribution in [0.25, 0.3) is 57.7 Å². The van der Waals surface area contributed by atoms with Crippen LogP contribution in [0.5, 0.6) is 0 Å². The molecule has 1 aliphatic rings. The van der Waals surface area contributed by atoms with Crippen LogP contribution in [0.4, 0.5) is 34.1 Å². The standard InChI is InChI=1S/C69H68N2/c1-7-13-15-17-47-69(48-18-16-14-8-2)67-49-57(55-27-41-63(42-28-55)70(59-33-19-51(9-3)20-34-59)60-35-21-52(10-4)22-36-60)31-45-65(67)66-46-32-58(50-68(66)69)56-29-43-64(44-30-56)71(61-37-23-53(11-5)24-38-61)62-39-25-54(12-6)26-40-62/h9-12,19-46,49-50H,3-8,13-18,47-48H2,1-2H3. The monoisotopic (exact) mass is 925 g/mol. The number of rotatable bonds is 22. The molecular weight excluding hydrogens is 857 g/mol. The molecule has 0 heterocycles. The molecule has 9 rings (SSSR count). The van der Waals surface area contributed by atoms with E-state index in [1.807, 2.05) is 24.3 Å². The molecule has 0 N–H and O–H groups in total. The summed E-state index contributed by atoms with van der Waals surface area (Å²) in [5.74, 6) is 0. The van der Waals surface area contributed by atoms with E-state index < -0.39 is 0 Å². The van der Waals surface area contributed by atoms with Gasteiger partial charge >= 0.3 is 0 Å². The molecule has 0 spiro atoms. The van der Waals surface area contributed by atoms with Crippen LogP contribution in [0.1, 0.15) is 111 Å². The second-order valence-corrected chi connectivity index (χ2v) is 19.2. The zero-order valence-corrected chi connectivity index (χ0v) is 41.9. The molecule has 71 heavy (non-hydrogen) atoms. The van der Waals surface area contributed by atoms with E-state index >= 15 is 0 Å². The third-order valence-electron chi connectivity index (χ3n) is 14.7. The second kappa shape index (κ2) is 22.4. The van der Waals surface area contributed by atoms with Crippen molar-refractivity contribution in [3.8, 4) is 33.4 Å². The molecule has 0 amide bonds. The molecule has 0 saturated carbocycles. The molecule has 0 radical (unpaired) electrons. The van der Waals surface area contributed by atoms with Gasteiger partial charge in [-0.2, -0.15) is 0 Å². The average molecular weight is 925 g/mol. The summed E-state index contributed by atoms with van der Waals surface area (Å²) < 4.78 is 0. The number of hydrogen-bond donors (Lipinski definition) is 0. The van der Waals surface area contributed by atoms with Gasteiger partial charge in [-0.3, -0.25) is 0 Å². The molecule has 1 aliphatic carbocycles. The summed E-state index contributed by atoms with van der Waals surface area (Å²) in [5.41, 5.74) is 21.7. The summed E-state index contributed by atoms with van der Waals surface area (Å²) in [5, 5.41) is 0. The molecule has 2 nitrogen and oxygen atoms in total. The maximum atomic E-state index is 3.98. The van der Waals surface area contributed by atoms with E-state index in [1.54, 1.807) is 0 Å². The number of hydrogen-bond acceptors (Lipinski definition) is 2. The fourth-order valence-electron chi connectivity index (χ4n) is 10.8. The number of fused-ring (bicyclic) bond motifs is 3. The summed E-state index contributed by atoms with van der Waals surface area (Å²) >= 11 is 0. The summed E-state index contributed by atoms with van der Waals surface area (Å²) in [6.07, 6.45) is 19.8. The van der Waals surface area contributed by atoms with Crippen molar-refractivity contribution >= 4 is 58.4 Å². The van der Waals surface area contributed by atoms with Crippen molar-refractivity contribution in [1.82, 2.24) is 0 Å². The fraction of sp³-hybridized carbons (Fsp3) is 0.188. The zero-order valence-electron chi connectivity index (χ0n) is 41.9. The Kier molecular flexibility index (Phi) is 15.2. The number of anilines is 6. The molecule has 0 unspecified atom stereocenters. The molecule has 0 bridgehead atoms. The first kappa shape index (κ1) is 48.3. The predicted octanol–water partition coefficient (Wildman–Crippen LogP) is 20.7. The molecule has 2 heteroatoms. The zero-order chi connectivity index (χ0) is 49.2. The van der Waals surface area contributed by atoms with Crippen LogP contribution in [0.15, 0.2) is 208 Å². The first-order valence-corrected chi connectivity index (χ1v) is 25.9. The predicted molar refractivity (Wildman–Crippen MR) is 311 cm³/mol. The molecule has 0 saturated heterocycles. The Morgan fingerprint density at radius 3 is 0.859 bits per heavy atom. The fourth-order valence-corrected chi connectivity index (χ4v) is 10.8. The minimum absolute atomic E-state index is 0.0734. The molecule has 8 aromatic carbocycles. The lowest BCUT2D eigenvalue weighted by molar-refractivity contribution is 0.401. The Morgan fingerprint density at radius 1 is 0.324 bits per heavy atom. The minimum atomic E-state index is -0.0734. The molecule has 354 valence electrons. The molecule has 0 aliphatic heterocycles. The van der Waals surface area contributed by atoms with Crippen LogP contribution in [0.2, 0.25) is 0 Å². The van der Waals surface area contributed by atoms with Crippen LogP contribution in [-0.4, -0.2) is 0 Å². The third kappa shape index (κ3) is 10.3. The quantitative estimate of drug-likeness (QED) is 0.0625. The van der Waals surface area contributed by atoms with Gasteiger partial charge in [0.25, 0.3) is 0 Å². The van der Waals surface area contributed by atoms with Crippen molar-refractivity contribution in [3.05, 3.63) is 242 Å². The number of benzene rings is 8. The van der Waals surface area contributed by atoms with Gasteiger partial charge < -0.3 is 9.80 Å². The van der Waals surface area contributed by atoms with Gasteiger partial charge in [0.05, 0.1) is 0 Å². The van der Waals surface area contributed by atoms with E-state index in [9.17, 15) is 0 Å². The summed E-state index contributed by atoms with van der Waals surface area (Å²) in [6, 6.07) is 67.5. The smallest absolute Gasteiger partial charge is 0.0462 e. The Morgan fingerprint density at radius 2 is 0.592 bits per heavy atom. The highest BCUT2D eigenvalue weighted by molar-refractivity contribution is 5.88. The Labute approximate surface area is 424 Å². The van der Waals surface area contributed by atoms with Gasteiger partial charge in [-0.05, 0) is 165 Å². The van der Waals surface area contributed by atoms with Gasteiger partial charge in [-0.25, -0.2) is 0 Å². The van der Waals surface area contributed by atoms with E-state index in [2.05, 4.69) is 232 Å². The van der Waals surface area contributed by atoms with Crippen molar-refractivity contribution in [2.75, 3.05) is 9.80 Å². The number of unbranched alkanes of at least 4 members (excludes halogenated alkanes) is 6. The first-order chi connectivity index (χ1) is 34.9. The average Bonchev–Trinajstić information content (AvgIpc) is 3.70. The van der Waals surface area contributed by atoms with Crippen molar-refractivity contribution in [1.29, 1.82) is 0 Å². The van der Waals surface area contributed by atoms with Crippen LogP contribution < -0.4 is 9.80 Å². The minimum Gasteiger partial charge on any atom is -0.311 e. The Hall–Kier alpha value is -7.68.